The molecule has 3 heterocycles. The minimum Gasteiger partial charge on any atom is -0.486 e. The number of para-hydroxylation sites is 1. The molecule has 3 aromatic rings. The average Bonchev–Trinajstić information content (AvgIpc) is 3.41. The van der Waals surface area contributed by atoms with Gasteiger partial charge < -0.3 is 19.1 Å². The van der Waals surface area contributed by atoms with Gasteiger partial charge in [-0.15, -0.1) is 0 Å². The molecule has 0 bridgehead atoms. The van der Waals surface area contributed by atoms with E-state index in [0.29, 0.717) is 18.8 Å². The number of rotatable bonds is 4. The molecule has 1 aromatic heterocycles. The van der Waals surface area contributed by atoms with E-state index in [4.69, 9.17) is 14.2 Å². The fourth-order valence-electron chi connectivity index (χ4n) is 3.67. The summed E-state index contributed by atoms with van der Waals surface area (Å²) in [5, 5.41) is 1.04. The second-order valence-corrected chi connectivity index (χ2v) is 7.09. The van der Waals surface area contributed by atoms with Crippen LogP contribution < -0.4 is 14.2 Å². The van der Waals surface area contributed by atoms with Crippen molar-refractivity contribution in [1.29, 1.82) is 0 Å². The molecule has 2 aliphatic rings. The molecule has 6 heteroatoms. The molecule has 0 saturated carbocycles. The third-order valence-corrected chi connectivity index (χ3v) is 5.16. The summed E-state index contributed by atoms with van der Waals surface area (Å²) in [6.07, 6.45) is 5.92. The van der Waals surface area contributed by atoms with Crippen molar-refractivity contribution in [1.82, 2.24) is 9.88 Å². The molecule has 1 amide bonds. The van der Waals surface area contributed by atoms with E-state index in [-0.39, 0.29) is 18.8 Å². The zero-order valence-electron chi connectivity index (χ0n) is 15.8. The van der Waals surface area contributed by atoms with Gasteiger partial charge in [0.1, 0.15) is 17.4 Å². The zero-order chi connectivity index (χ0) is 19.6. The van der Waals surface area contributed by atoms with Gasteiger partial charge in [-0.05, 0) is 35.9 Å². The van der Waals surface area contributed by atoms with Gasteiger partial charge >= 0.3 is 0 Å². The Morgan fingerprint density at radius 1 is 1.14 bits per heavy atom. The van der Waals surface area contributed by atoms with E-state index in [1.54, 1.807) is 18.3 Å². The number of pyridine rings is 1. The Kier molecular flexibility index (Phi) is 4.52. The number of amides is 1. The number of fused-ring (bicyclic) bond motifs is 2. The molecule has 2 aromatic carbocycles. The molecule has 0 unspecified atom stereocenters. The van der Waals surface area contributed by atoms with Gasteiger partial charge in [0.05, 0.1) is 6.54 Å². The highest BCUT2D eigenvalue weighted by Gasteiger charge is 2.27. The van der Waals surface area contributed by atoms with Crippen molar-refractivity contribution in [2.75, 3.05) is 19.9 Å². The molecule has 5 rings (SSSR count). The highest BCUT2D eigenvalue weighted by atomic mass is 16.7. The summed E-state index contributed by atoms with van der Waals surface area (Å²) in [6, 6.07) is 15.5. The molecule has 2 aliphatic heterocycles. The Morgan fingerprint density at radius 2 is 2.03 bits per heavy atom. The van der Waals surface area contributed by atoms with Gasteiger partial charge in [-0.2, -0.15) is 0 Å². The number of likely N-dealkylation sites (tertiary alicyclic amines) is 1. The summed E-state index contributed by atoms with van der Waals surface area (Å²) in [4.78, 5) is 18.8. The van der Waals surface area contributed by atoms with E-state index >= 15 is 0 Å². The summed E-state index contributed by atoms with van der Waals surface area (Å²) in [5.74, 6) is 2.18. The van der Waals surface area contributed by atoms with Crippen LogP contribution in [0.1, 0.15) is 12.0 Å². The van der Waals surface area contributed by atoms with E-state index in [9.17, 15) is 4.79 Å². The highest BCUT2D eigenvalue weighted by molar-refractivity contribution is 5.92. The minimum absolute atomic E-state index is 0.0233. The lowest BCUT2D eigenvalue weighted by atomic mass is 10.2. The Labute approximate surface area is 168 Å². The Balaban J connectivity index is 1.23. The average molecular weight is 388 g/mol. The number of aromatic nitrogens is 1. The first-order valence-electron chi connectivity index (χ1n) is 9.63. The number of hydrogen-bond donors (Lipinski definition) is 0. The van der Waals surface area contributed by atoms with Crippen LogP contribution in [0.25, 0.3) is 17.0 Å². The molecular weight excluding hydrogens is 368 g/mol. The first-order valence-corrected chi connectivity index (χ1v) is 9.63. The molecule has 6 nitrogen and oxygen atoms in total. The van der Waals surface area contributed by atoms with Crippen molar-refractivity contribution in [3.8, 4) is 17.2 Å². The van der Waals surface area contributed by atoms with Crippen molar-refractivity contribution in [3.05, 3.63) is 66.4 Å². The first-order chi connectivity index (χ1) is 14.3. The molecule has 29 heavy (non-hydrogen) atoms. The van der Waals surface area contributed by atoms with Crippen LogP contribution >= 0.6 is 0 Å². The maximum Gasteiger partial charge on any atom is 0.246 e. The number of carbonyl (C=O) groups excluding carboxylic acids is 1. The highest BCUT2D eigenvalue weighted by Crippen LogP contribution is 2.33. The predicted octanol–water partition coefficient (Wildman–Crippen LogP) is 3.66. The molecular formula is C23H20N2O4. The van der Waals surface area contributed by atoms with Crippen LogP contribution in [0.4, 0.5) is 0 Å². The quantitative estimate of drug-likeness (QED) is 0.639. The van der Waals surface area contributed by atoms with Crippen LogP contribution in [0.15, 0.2) is 60.8 Å². The largest absolute Gasteiger partial charge is 0.486 e. The van der Waals surface area contributed by atoms with Gasteiger partial charge in [-0.3, -0.25) is 9.78 Å². The summed E-state index contributed by atoms with van der Waals surface area (Å²) in [5.41, 5.74) is 1.75. The Morgan fingerprint density at radius 3 is 3.00 bits per heavy atom. The fraction of sp³-hybridized carbons (Fsp3) is 0.217. The number of nitrogens with zero attached hydrogens (tertiary/aromatic N) is 2. The number of ether oxygens (including phenoxy) is 3. The maximum atomic E-state index is 12.6. The second-order valence-electron chi connectivity index (χ2n) is 7.09. The third kappa shape index (κ3) is 3.61. The van der Waals surface area contributed by atoms with E-state index in [2.05, 4.69) is 4.98 Å². The van der Waals surface area contributed by atoms with Gasteiger partial charge in [-0.1, -0.05) is 24.3 Å². The van der Waals surface area contributed by atoms with Crippen molar-refractivity contribution in [2.45, 2.75) is 12.5 Å². The van der Waals surface area contributed by atoms with Crippen LogP contribution in [-0.4, -0.2) is 41.8 Å². The van der Waals surface area contributed by atoms with Crippen molar-refractivity contribution in [2.24, 2.45) is 0 Å². The van der Waals surface area contributed by atoms with Crippen LogP contribution in [0.5, 0.6) is 17.2 Å². The molecule has 0 radical (unpaired) electrons. The van der Waals surface area contributed by atoms with Gasteiger partial charge in [0.15, 0.2) is 11.5 Å². The number of carbonyl (C=O) groups is 1. The van der Waals surface area contributed by atoms with Crippen molar-refractivity contribution < 1.29 is 19.0 Å². The van der Waals surface area contributed by atoms with Crippen molar-refractivity contribution in [3.63, 3.8) is 0 Å². The van der Waals surface area contributed by atoms with E-state index in [0.717, 1.165) is 34.4 Å². The topological polar surface area (TPSA) is 60.9 Å². The second kappa shape index (κ2) is 7.47. The summed E-state index contributed by atoms with van der Waals surface area (Å²) in [6.45, 7) is 1.48. The summed E-state index contributed by atoms with van der Waals surface area (Å²) >= 11 is 0. The lowest BCUT2D eigenvalue weighted by molar-refractivity contribution is -0.125. The van der Waals surface area contributed by atoms with Crippen LogP contribution in [-0.2, 0) is 4.79 Å². The number of hydrogen-bond acceptors (Lipinski definition) is 5. The molecule has 0 spiro atoms. The zero-order valence-corrected chi connectivity index (χ0v) is 15.8. The lowest BCUT2D eigenvalue weighted by Gasteiger charge is -2.16. The van der Waals surface area contributed by atoms with E-state index < -0.39 is 0 Å². The summed E-state index contributed by atoms with van der Waals surface area (Å²) < 4.78 is 16.9. The smallest absolute Gasteiger partial charge is 0.246 e. The van der Waals surface area contributed by atoms with Gasteiger partial charge in [0.2, 0.25) is 12.7 Å². The number of benzene rings is 2. The minimum atomic E-state index is -0.0366. The normalized spacial score (nSPS) is 17.9. The first kappa shape index (κ1) is 17.6. The van der Waals surface area contributed by atoms with Crippen molar-refractivity contribution >= 4 is 22.9 Å². The molecule has 1 saturated heterocycles. The van der Waals surface area contributed by atoms with E-state index in [1.165, 1.54) is 0 Å². The molecule has 1 fully saturated rings. The standard InChI is InChI=1S/C23H20N2O4/c26-22(9-7-16-6-8-19-21(13-16)28-15-27-19)25-12-10-18(14-25)29-20-5-1-3-17-4-2-11-24-23(17)20/h1-9,11,13,18H,10,12,14-15H2/b9-7+/t18-/m0/s1. The van der Waals surface area contributed by atoms with Crippen LogP contribution in [0.2, 0.25) is 0 Å². The Hall–Kier alpha value is -3.54. The molecule has 0 N–H and O–H groups in total. The fourth-order valence-corrected chi connectivity index (χ4v) is 3.67. The van der Waals surface area contributed by atoms with Crippen LogP contribution in [0, 0.1) is 0 Å². The molecule has 0 aliphatic carbocycles. The summed E-state index contributed by atoms with van der Waals surface area (Å²) in [7, 11) is 0. The molecule has 1 atom stereocenters. The predicted molar refractivity (Wildman–Crippen MR) is 109 cm³/mol. The van der Waals surface area contributed by atoms with Crippen LogP contribution in [0.3, 0.4) is 0 Å². The Bertz CT molecular complexity index is 1090. The van der Waals surface area contributed by atoms with Gasteiger partial charge in [0, 0.05) is 30.6 Å². The van der Waals surface area contributed by atoms with E-state index in [1.807, 2.05) is 53.4 Å². The third-order valence-electron chi connectivity index (χ3n) is 5.16. The maximum absolute atomic E-state index is 12.6. The molecule has 146 valence electrons. The lowest BCUT2D eigenvalue weighted by Crippen LogP contribution is -2.29. The monoisotopic (exact) mass is 388 g/mol. The van der Waals surface area contributed by atoms with Gasteiger partial charge in [-0.25, -0.2) is 0 Å². The van der Waals surface area contributed by atoms with Gasteiger partial charge in [0.25, 0.3) is 0 Å². The SMILES string of the molecule is O=C(/C=C/c1ccc2c(c1)OCO2)N1CC[C@H](Oc2cccc3cccnc23)C1.